The maximum atomic E-state index is 10.7. The van der Waals surface area contributed by atoms with Crippen molar-refractivity contribution in [3.8, 4) is 0 Å². The number of benzene rings is 2. The standard InChI is InChI=1S/C14H12N4O4/c1-10(11-5-7-13(8-6-11)17(19)20)15-16-12-3-2-4-14(9-12)18(21)22/h2-9,16H,1H3. The first-order valence-electron chi connectivity index (χ1n) is 6.27. The highest BCUT2D eigenvalue weighted by Gasteiger charge is 2.07. The van der Waals surface area contributed by atoms with E-state index in [1.165, 1.54) is 24.3 Å². The minimum absolute atomic E-state index is 0.00296. The Morgan fingerprint density at radius 2 is 1.64 bits per heavy atom. The third kappa shape index (κ3) is 3.63. The zero-order chi connectivity index (χ0) is 16.1. The van der Waals surface area contributed by atoms with E-state index in [0.717, 1.165) is 0 Å². The number of rotatable bonds is 5. The number of hydrazone groups is 1. The molecule has 0 amide bonds. The average Bonchev–Trinajstić information content (AvgIpc) is 2.53. The van der Waals surface area contributed by atoms with E-state index < -0.39 is 9.85 Å². The molecular weight excluding hydrogens is 288 g/mol. The minimum atomic E-state index is -0.488. The first-order chi connectivity index (χ1) is 10.5. The molecule has 0 radical (unpaired) electrons. The molecule has 8 heteroatoms. The fourth-order valence-electron chi connectivity index (χ4n) is 1.73. The van der Waals surface area contributed by atoms with Crippen LogP contribution in [0.4, 0.5) is 17.1 Å². The Morgan fingerprint density at radius 1 is 1.00 bits per heavy atom. The van der Waals surface area contributed by atoms with E-state index in [4.69, 9.17) is 0 Å². The number of non-ortho nitro benzene ring substituents is 2. The zero-order valence-electron chi connectivity index (χ0n) is 11.6. The lowest BCUT2D eigenvalue weighted by molar-refractivity contribution is -0.385. The Balaban J connectivity index is 2.14. The lowest BCUT2D eigenvalue weighted by Crippen LogP contribution is -2.00. The van der Waals surface area contributed by atoms with Crippen LogP contribution in [0, 0.1) is 20.2 Å². The van der Waals surface area contributed by atoms with E-state index in [1.807, 2.05) is 0 Å². The Hall–Kier alpha value is -3.29. The third-order valence-corrected chi connectivity index (χ3v) is 2.91. The van der Waals surface area contributed by atoms with Crippen LogP contribution in [-0.4, -0.2) is 15.6 Å². The molecule has 0 saturated heterocycles. The van der Waals surface area contributed by atoms with Crippen LogP contribution in [0.2, 0.25) is 0 Å². The maximum absolute atomic E-state index is 10.7. The predicted molar refractivity (Wildman–Crippen MR) is 82.0 cm³/mol. The summed E-state index contributed by atoms with van der Waals surface area (Å²) in [5.74, 6) is 0. The Bertz CT molecular complexity index is 741. The molecule has 2 aromatic carbocycles. The van der Waals surface area contributed by atoms with Gasteiger partial charge < -0.3 is 0 Å². The molecule has 1 N–H and O–H groups in total. The van der Waals surface area contributed by atoms with Gasteiger partial charge in [-0.1, -0.05) is 6.07 Å². The van der Waals surface area contributed by atoms with Gasteiger partial charge >= 0.3 is 0 Å². The van der Waals surface area contributed by atoms with Crippen LogP contribution in [-0.2, 0) is 0 Å². The van der Waals surface area contributed by atoms with Gasteiger partial charge in [0.05, 0.1) is 21.2 Å². The Kier molecular flexibility index (Phi) is 4.42. The van der Waals surface area contributed by atoms with Gasteiger partial charge in [-0.2, -0.15) is 5.10 Å². The van der Waals surface area contributed by atoms with Crippen LogP contribution in [0.1, 0.15) is 12.5 Å². The molecular formula is C14H12N4O4. The molecule has 0 heterocycles. The van der Waals surface area contributed by atoms with Crippen molar-refractivity contribution in [3.63, 3.8) is 0 Å². The van der Waals surface area contributed by atoms with Crippen LogP contribution in [0.15, 0.2) is 53.6 Å². The molecule has 0 aromatic heterocycles. The summed E-state index contributed by atoms with van der Waals surface area (Å²) < 4.78 is 0. The fourth-order valence-corrected chi connectivity index (χ4v) is 1.73. The Morgan fingerprint density at radius 3 is 2.23 bits per heavy atom. The molecule has 0 atom stereocenters. The topological polar surface area (TPSA) is 111 Å². The lowest BCUT2D eigenvalue weighted by Gasteiger charge is -2.03. The Labute approximate surface area is 125 Å². The molecule has 8 nitrogen and oxygen atoms in total. The maximum Gasteiger partial charge on any atom is 0.271 e. The quantitative estimate of drug-likeness (QED) is 0.517. The van der Waals surface area contributed by atoms with Crippen LogP contribution >= 0.6 is 0 Å². The van der Waals surface area contributed by atoms with E-state index in [9.17, 15) is 20.2 Å². The zero-order valence-corrected chi connectivity index (χ0v) is 11.6. The first kappa shape index (κ1) is 15.1. The van der Waals surface area contributed by atoms with E-state index in [1.54, 1.807) is 31.2 Å². The summed E-state index contributed by atoms with van der Waals surface area (Å²) in [7, 11) is 0. The number of nitrogens with zero attached hydrogens (tertiary/aromatic N) is 3. The van der Waals surface area contributed by atoms with Crippen molar-refractivity contribution in [2.45, 2.75) is 6.92 Å². The molecule has 112 valence electrons. The molecule has 0 aliphatic heterocycles. The number of nitro groups is 2. The molecule has 2 aromatic rings. The normalized spacial score (nSPS) is 11.0. The summed E-state index contributed by atoms with van der Waals surface area (Å²) in [5, 5.41) is 25.4. The number of anilines is 1. The van der Waals surface area contributed by atoms with Gasteiger partial charge in [-0.3, -0.25) is 25.7 Å². The highest BCUT2D eigenvalue weighted by molar-refractivity contribution is 5.99. The highest BCUT2D eigenvalue weighted by atomic mass is 16.6. The van der Waals surface area contributed by atoms with Gasteiger partial charge in [0, 0.05) is 24.3 Å². The van der Waals surface area contributed by atoms with Gasteiger partial charge in [0.25, 0.3) is 11.4 Å². The number of hydrogen-bond acceptors (Lipinski definition) is 6. The third-order valence-electron chi connectivity index (χ3n) is 2.91. The molecule has 2 rings (SSSR count). The van der Waals surface area contributed by atoms with Gasteiger partial charge in [-0.05, 0) is 30.7 Å². The minimum Gasteiger partial charge on any atom is -0.278 e. The van der Waals surface area contributed by atoms with Gasteiger partial charge in [-0.25, -0.2) is 0 Å². The molecule has 0 fully saturated rings. The number of nitrogens with one attached hydrogen (secondary N) is 1. The van der Waals surface area contributed by atoms with Crippen molar-refractivity contribution in [3.05, 3.63) is 74.3 Å². The lowest BCUT2D eigenvalue weighted by atomic mass is 10.1. The van der Waals surface area contributed by atoms with Gasteiger partial charge in [-0.15, -0.1) is 0 Å². The summed E-state index contributed by atoms with van der Waals surface area (Å²) in [4.78, 5) is 20.3. The van der Waals surface area contributed by atoms with Crippen LogP contribution in [0.25, 0.3) is 0 Å². The van der Waals surface area contributed by atoms with Gasteiger partial charge in [0.1, 0.15) is 0 Å². The van der Waals surface area contributed by atoms with Crippen molar-refractivity contribution >= 4 is 22.8 Å². The van der Waals surface area contributed by atoms with E-state index in [-0.39, 0.29) is 11.4 Å². The van der Waals surface area contributed by atoms with Crippen LogP contribution in [0.3, 0.4) is 0 Å². The molecule has 0 spiro atoms. The monoisotopic (exact) mass is 300 g/mol. The van der Waals surface area contributed by atoms with Crippen molar-refractivity contribution < 1.29 is 9.85 Å². The summed E-state index contributed by atoms with van der Waals surface area (Å²) in [6, 6.07) is 11.9. The SMILES string of the molecule is CC(=NNc1cccc([N+](=O)[O-])c1)c1ccc([N+](=O)[O-])cc1. The van der Waals surface area contributed by atoms with Crippen LogP contribution < -0.4 is 5.43 Å². The summed E-state index contributed by atoms with van der Waals surface area (Å²) in [6.45, 7) is 1.73. The van der Waals surface area contributed by atoms with Gasteiger partial charge in [0.2, 0.25) is 0 Å². The first-order valence-corrected chi connectivity index (χ1v) is 6.27. The van der Waals surface area contributed by atoms with Crippen LogP contribution in [0.5, 0.6) is 0 Å². The second-order valence-electron chi connectivity index (χ2n) is 4.42. The molecule has 0 unspecified atom stereocenters. The van der Waals surface area contributed by atoms with Gasteiger partial charge in [0.15, 0.2) is 0 Å². The van der Waals surface area contributed by atoms with Crippen molar-refractivity contribution in [1.29, 1.82) is 0 Å². The van der Waals surface area contributed by atoms with Crippen molar-refractivity contribution in [2.75, 3.05) is 5.43 Å². The van der Waals surface area contributed by atoms with E-state index in [0.29, 0.717) is 17.0 Å². The smallest absolute Gasteiger partial charge is 0.271 e. The second kappa shape index (κ2) is 6.44. The number of nitro benzene ring substituents is 2. The summed E-state index contributed by atoms with van der Waals surface area (Å²) >= 11 is 0. The molecule has 0 aliphatic rings. The molecule has 0 saturated carbocycles. The fraction of sp³-hybridized carbons (Fsp3) is 0.0714. The van der Waals surface area contributed by atoms with Crippen molar-refractivity contribution in [1.82, 2.24) is 0 Å². The van der Waals surface area contributed by atoms with Crippen molar-refractivity contribution in [2.24, 2.45) is 5.10 Å². The molecule has 0 bridgehead atoms. The van der Waals surface area contributed by atoms with E-state index >= 15 is 0 Å². The highest BCUT2D eigenvalue weighted by Crippen LogP contribution is 2.17. The summed E-state index contributed by atoms with van der Waals surface area (Å²) in [5.41, 5.74) is 4.49. The summed E-state index contributed by atoms with van der Waals surface area (Å²) in [6.07, 6.45) is 0. The second-order valence-corrected chi connectivity index (χ2v) is 4.42. The van der Waals surface area contributed by atoms with E-state index in [2.05, 4.69) is 10.5 Å². The average molecular weight is 300 g/mol. The largest absolute Gasteiger partial charge is 0.278 e. The number of hydrogen-bond donors (Lipinski definition) is 1. The molecule has 0 aliphatic carbocycles. The predicted octanol–water partition coefficient (Wildman–Crippen LogP) is 3.34. The molecule has 22 heavy (non-hydrogen) atoms.